The van der Waals surface area contributed by atoms with E-state index in [1.165, 1.54) is 4.31 Å². The third-order valence-electron chi connectivity index (χ3n) is 4.80. The van der Waals surface area contributed by atoms with Gasteiger partial charge in [0.05, 0.1) is 17.1 Å². The number of hydrogen-bond acceptors (Lipinski definition) is 2. The highest BCUT2D eigenvalue weighted by Crippen LogP contribution is 2.28. The predicted molar refractivity (Wildman–Crippen MR) is 112 cm³/mol. The van der Waals surface area contributed by atoms with E-state index in [-0.39, 0.29) is 0 Å². The van der Waals surface area contributed by atoms with Crippen molar-refractivity contribution < 1.29 is 8.42 Å². The summed E-state index contributed by atoms with van der Waals surface area (Å²) in [5.74, 6) is 0. The van der Waals surface area contributed by atoms with Crippen LogP contribution in [0.3, 0.4) is 0 Å². The molecule has 3 aromatic carbocycles. The lowest BCUT2D eigenvalue weighted by atomic mass is 10.1. The summed E-state index contributed by atoms with van der Waals surface area (Å²) in [5.41, 5.74) is 6.00. The van der Waals surface area contributed by atoms with E-state index in [4.69, 9.17) is 0 Å². The van der Waals surface area contributed by atoms with E-state index in [9.17, 15) is 8.42 Å². The molecule has 0 aliphatic heterocycles. The second-order valence-corrected chi connectivity index (χ2v) is 8.94. The molecule has 0 saturated heterocycles. The van der Waals surface area contributed by atoms with Gasteiger partial charge in [0.25, 0.3) is 10.0 Å². The number of hydrogen-bond donors (Lipinski definition) is 0. The van der Waals surface area contributed by atoms with Crippen molar-refractivity contribution in [3.8, 4) is 0 Å². The van der Waals surface area contributed by atoms with Crippen LogP contribution in [0.25, 0.3) is 0 Å². The highest BCUT2D eigenvalue weighted by atomic mass is 32.2. The summed E-state index contributed by atoms with van der Waals surface area (Å²) in [6.07, 6.45) is 0. The molecule has 4 heteroatoms. The molecule has 0 atom stereocenters. The Kier molecular flexibility index (Phi) is 5.38. The molecule has 140 valence electrons. The molecule has 0 aliphatic rings. The summed E-state index contributed by atoms with van der Waals surface area (Å²) >= 11 is 0. The van der Waals surface area contributed by atoms with Gasteiger partial charge in [-0.3, -0.25) is 4.31 Å². The molecule has 0 heterocycles. The minimum Gasteiger partial charge on any atom is -0.262 e. The summed E-state index contributed by atoms with van der Waals surface area (Å²) in [4.78, 5) is 0.305. The zero-order valence-electron chi connectivity index (χ0n) is 16.2. The minimum atomic E-state index is -3.68. The smallest absolute Gasteiger partial charge is 0.262 e. The second kappa shape index (κ2) is 7.57. The van der Waals surface area contributed by atoms with Gasteiger partial charge in [-0.2, -0.15) is 0 Å². The maximum Gasteiger partial charge on any atom is 0.264 e. The average molecular weight is 380 g/mol. The Morgan fingerprint density at radius 3 is 2.07 bits per heavy atom. The Labute approximate surface area is 162 Å². The topological polar surface area (TPSA) is 37.4 Å². The van der Waals surface area contributed by atoms with Gasteiger partial charge in [0.15, 0.2) is 0 Å². The molecule has 0 aromatic heterocycles. The van der Waals surface area contributed by atoms with Crippen molar-refractivity contribution in [1.29, 1.82) is 0 Å². The van der Waals surface area contributed by atoms with Crippen LogP contribution in [0.15, 0.2) is 71.6 Å². The van der Waals surface area contributed by atoms with Crippen LogP contribution in [0.4, 0.5) is 5.69 Å². The van der Waals surface area contributed by atoms with Crippen LogP contribution >= 0.6 is 0 Å². The highest BCUT2D eigenvalue weighted by Gasteiger charge is 2.25. The van der Waals surface area contributed by atoms with E-state index in [2.05, 4.69) is 0 Å². The fourth-order valence-electron chi connectivity index (χ4n) is 3.01. The monoisotopic (exact) mass is 379 g/mol. The normalized spacial score (nSPS) is 11.4. The van der Waals surface area contributed by atoms with E-state index >= 15 is 0 Å². The van der Waals surface area contributed by atoms with E-state index in [0.29, 0.717) is 17.1 Å². The first kappa shape index (κ1) is 19.2. The van der Waals surface area contributed by atoms with Crippen molar-refractivity contribution >= 4 is 15.7 Å². The molecular weight excluding hydrogens is 354 g/mol. The number of anilines is 1. The Morgan fingerprint density at radius 1 is 0.741 bits per heavy atom. The van der Waals surface area contributed by atoms with Crippen molar-refractivity contribution in [3.63, 3.8) is 0 Å². The fourth-order valence-corrected chi connectivity index (χ4v) is 4.45. The van der Waals surface area contributed by atoms with Gasteiger partial charge in [0.2, 0.25) is 0 Å². The third kappa shape index (κ3) is 4.22. The first-order chi connectivity index (χ1) is 12.8. The van der Waals surface area contributed by atoms with Crippen molar-refractivity contribution in [2.24, 2.45) is 0 Å². The van der Waals surface area contributed by atoms with E-state index in [1.54, 1.807) is 12.1 Å². The molecule has 0 aliphatic carbocycles. The molecule has 0 radical (unpaired) electrons. The number of nitrogens with zero attached hydrogens (tertiary/aromatic N) is 1. The fraction of sp³-hybridized carbons (Fsp3) is 0.217. The van der Waals surface area contributed by atoms with E-state index < -0.39 is 10.0 Å². The lowest BCUT2D eigenvalue weighted by Gasteiger charge is -2.25. The molecule has 0 saturated carbocycles. The molecule has 0 spiro atoms. The van der Waals surface area contributed by atoms with Crippen molar-refractivity contribution in [2.75, 3.05) is 4.31 Å². The maximum atomic E-state index is 13.5. The minimum absolute atomic E-state index is 0.292. The van der Waals surface area contributed by atoms with Gasteiger partial charge in [-0.1, -0.05) is 53.6 Å². The molecule has 0 unspecified atom stereocenters. The second-order valence-electron chi connectivity index (χ2n) is 7.08. The lowest BCUT2D eigenvalue weighted by Crippen LogP contribution is -2.30. The van der Waals surface area contributed by atoms with Gasteiger partial charge in [0.1, 0.15) is 0 Å². The quantitative estimate of drug-likeness (QED) is 0.602. The first-order valence-electron chi connectivity index (χ1n) is 8.99. The Balaban J connectivity index is 2.11. The number of aryl methyl sites for hydroxylation is 4. The summed E-state index contributed by atoms with van der Waals surface area (Å²) in [7, 11) is -3.68. The third-order valence-corrected chi connectivity index (χ3v) is 6.58. The van der Waals surface area contributed by atoms with Gasteiger partial charge in [-0.25, -0.2) is 8.42 Å². The van der Waals surface area contributed by atoms with Gasteiger partial charge >= 0.3 is 0 Å². The zero-order chi connectivity index (χ0) is 19.6. The first-order valence-corrected chi connectivity index (χ1v) is 10.4. The average Bonchev–Trinajstić information content (AvgIpc) is 2.62. The molecule has 0 bridgehead atoms. The standard InChI is InChI=1S/C23H25NO2S/c1-17-8-12-23(13-9-17)27(25,26)24(16-21-7-5-6-18(2)14-21)22-11-10-19(3)20(4)15-22/h5-15H,16H2,1-4H3. The maximum absolute atomic E-state index is 13.5. The van der Waals surface area contributed by atoms with Crippen molar-refractivity contribution in [1.82, 2.24) is 0 Å². The zero-order valence-corrected chi connectivity index (χ0v) is 17.0. The number of benzene rings is 3. The summed E-state index contributed by atoms with van der Waals surface area (Å²) in [5, 5.41) is 0. The van der Waals surface area contributed by atoms with Gasteiger partial charge in [-0.05, 0) is 68.7 Å². The van der Waals surface area contributed by atoms with Crippen molar-refractivity contribution in [2.45, 2.75) is 39.1 Å². The number of rotatable bonds is 5. The predicted octanol–water partition coefficient (Wildman–Crippen LogP) is 5.32. The summed E-state index contributed by atoms with van der Waals surface area (Å²) in [6.45, 7) is 8.28. The van der Waals surface area contributed by atoms with E-state index in [1.807, 2.05) is 82.3 Å². The van der Waals surface area contributed by atoms with Crippen LogP contribution in [0.2, 0.25) is 0 Å². The van der Waals surface area contributed by atoms with Crippen LogP contribution in [0.5, 0.6) is 0 Å². The van der Waals surface area contributed by atoms with Crippen LogP contribution in [-0.4, -0.2) is 8.42 Å². The summed E-state index contributed by atoms with van der Waals surface area (Å²) < 4.78 is 28.4. The molecule has 3 nitrogen and oxygen atoms in total. The summed E-state index contributed by atoms with van der Waals surface area (Å²) in [6, 6.07) is 20.8. The Bertz CT molecular complexity index is 1050. The van der Waals surface area contributed by atoms with Gasteiger partial charge < -0.3 is 0 Å². The molecule has 0 N–H and O–H groups in total. The molecule has 3 rings (SSSR count). The van der Waals surface area contributed by atoms with Crippen LogP contribution in [0, 0.1) is 27.7 Å². The molecule has 3 aromatic rings. The Morgan fingerprint density at radius 2 is 1.44 bits per heavy atom. The van der Waals surface area contributed by atoms with Crippen LogP contribution < -0.4 is 4.31 Å². The lowest BCUT2D eigenvalue weighted by molar-refractivity contribution is 0.590. The Hall–Kier alpha value is -2.59. The van der Waals surface area contributed by atoms with Crippen molar-refractivity contribution in [3.05, 3.63) is 94.5 Å². The number of sulfonamides is 1. The highest BCUT2D eigenvalue weighted by molar-refractivity contribution is 7.92. The molecule has 0 amide bonds. The van der Waals surface area contributed by atoms with E-state index in [0.717, 1.165) is 27.8 Å². The van der Waals surface area contributed by atoms with Crippen LogP contribution in [-0.2, 0) is 16.6 Å². The van der Waals surface area contributed by atoms with Gasteiger partial charge in [0, 0.05) is 0 Å². The molecule has 27 heavy (non-hydrogen) atoms. The largest absolute Gasteiger partial charge is 0.264 e. The van der Waals surface area contributed by atoms with Gasteiger partial charge in [-0.15, -0.1) is 0 Å². The molecular formula is C23H25NO2S. The molecule has 0 fully saturated rings. The van der Waals surface area contributed by atoms with Crippen LogP contribution in [0.1, 0.15) is 27.8 Å². The SMILES string of the molecule is Cc1ccc(S(=O)(=O)N(Cc2cccc(C)c2)c2ccc(C)c(C)c2)cc1.